The highest BCUT2D eigenvalue weighted by Crippen LogP contribution is 2.23. The lowest BCUT2D eigenvalue weighted by atomic mass is 10.0. The summed E-state index contributed by atoms with van der Waals surface area (Å²) >= 11 is 5.88. The molecule has 0 bridgehead atoms. The van der Waals surface area contributed by atoms with Crippen LogP contribution in [0.3, 0.4) is 0 Å². The summed E-state index contributed by atoms with van der Waals surface area (Å²) in [5.41, 5.74) is 3.33. The van der Waals surface area contributed by atoms with Gasteiger partial charge >= 0.3 is 5.97 Å². The quantitative estimate of drug-likeness (QED) is 0.298. The van der Waals surface area contributed by atoms with Gasteiger partial charge in [-0.15, -0.1) is 0 Å². The minimum absolute atomic E-state index is 0.111. The monoisotopic (exact) mass is 429 g/mol. The maximum atomic E-state index is 12.2. The van der Waals surface area contributed by atoms with Gasteiger partial charge in [-0.05, 0) is 59.7 Å². The van der Waals surface area contributed by atoms with Gasteiger partial charge in [0.25, 0.3) is 0 Å². The van der Waals surface area contributed by atoms with Crippen LogP contribution in [-0.2, 0) is 11.2 Å². The summed E-state index contributed by atoms with van der Waals surface area (Å²) in [6, 6.07) is 23.7. The van der Waals surface area contributed by atoms with Crippen molar-refractivity contribution in [3.8, 4) is 34.3 Å². The Kier molecular flexibility index (Phi) is 6.06. The number of nitriles is 1. The van der Waals surface area contributed by atoms with Crippen molar-refractivity contribution in [1.29, 1.82) is 5.26 Å². The SMILES string of the molecule is N#Cc1ccc(-c2ccc(OC(=O)CCc3nc(-c4ccc(Cl)cc4)no3)cc2)cc1. The Hall–Kier alpha value is -3.95. The molecule has 4 rings (SSSR count). The first kappa shape index (κ1) is 20.3. The van der Waals surface area contributed by atoms with Crippen LogP contribution < -0.4 is 4.74 Å². The van der Waals surface area contributed by atoms with Gasteiger partial charge in [0.2, 0.25) is 11.7 Å². The van der Waals surface area contributed by atoms with E-state index in [0.717, 1.165) is 16.7 Å². The molecular formula is C24H16ClN3O3. The summed E-state index contributed by atoms with van der Waals surface area (Å²) in [6.45, 7) is 0. The van der Waals surface area contributed by atoms with Gasteiger partial charge in [-0.2, -0.15) is 10.2 Å². The van der Waals surface area contributed by atoms with Crippen molar-refractivity contribution in [3.63, 3.8) is 0 Å². The number of ether oxygens (including phenoxy) is 1. The average Bonchev–Trinajstić information content (AvgIpc) is 3.28. The molecule has 0 N–H and O–H groups in total. The molecule has 0 fully saturated rings. The van der Waals surface area contributed by atoms with E-state index in [-0.39, 0.29) is 12.8 Å². The molecule has 4 aromatic rings. The third-order valence-electron chi connectivity index (χ3n) is 4.55. The maximum Gasteiger partial charge on any atom is 0.311 e. The minimum Gasteiger partial charge on any atom is -0.427 e. The van der Waals surface area contributed by atoms with Gasteiger partial charge in [0.1, 0.15) is 5.75 Å². The lowest BCUT2D eigenvalue weighted by molar-refractivity contribution is -0.134. The molecule has 1 heterocycles. The van der Waals surface area contributed by atoms with Crippen LogP contribution in [0, 0.1) is 11.3 Å². The first-order valence-corrected chi connectivity index (χ1v) is 9.88. The third-order valence-corrected chi connectivity index (χ3v) is 4.80. The molecule has 7 heteroatoms. The Morgan fingerprint density at radius 3 is 2.19 bits per heavy atom. The molecule has 0 amide bonds. The number of hydrogen-bond donors (Lipinski definition) is 0. The van der Waals surface area contributed by atoms with Crippen LogP contribution in [-0.4, -0.2) is 16.1 Å². The fourth-order valence-corrected chi connectivity index (χ4v) is 3.04. The number of aromatic nitrogens is 2. The van der Waals surface area contributed by atoms with Crippen molar-refractivity contribution in [2.24, 2.45) is 0 Å². The van der Waals surface area contributed by atoms with E-state index in [0.29, 0.717) is 28.1 Å². The molecule has 0 atom stereocenters. The number of hydrogen-bond acceptors (Lipinski definition) is 6. The maximum absolute atomic E-state index is 12.2. The molecule has 0 radical (unpaired) electrons. The van der Waals surface area contributed by atoms with Crippen LogP contribution in [0.25, 0.3) is 22.5 Å². The lowest BCUT2D eigenvalue weighted by Gasteiger charge is -2.06. The van der Waals surface area contributed by atoms with E-state index in [4.69, 9.17) is 26.1 Å². The van der Waals surface area contributed by atoms with Crippen molar-refractivity contribution >= 4 is 17.6 Å². The number of benzene rings is 3. The number of rotatable bonds is 6. The van der Waals surface area contributed by atoms with Crippen LogP contribution in [0.1, 0.15) is 17.9 Å². The van der Waals surface area contributed by atoms with Gasteiger partial charge in [0.15, 0.2) is 0 Å². The Morgan fingerprint density at radius 2 is 1.55 bits per heavy atom. The number of halogens is 1. The number of esters is 1. The van der Waals surface area contributed by atoms with Gasteiger partial charge in [-0.1, -0.05) is 41.0 Å². The molecule has 0 saturated heterocycles. The number of nitrogens with zero attached hydrogens (tertiary/aromatic N) is 3. The molecular weight excluding hydrogens is 414 g/mol. The number of carbonyl (C=O) groups is 1. The second kappa shape index (κ2) is 9.24. The van der Waals surface area contributed by atoms with E-state index in [1.54, 1.807) is 48.5 Å². The normalized spacial score (nSPS) is 10.5. The Balaban J connectivity index is 1.32. The second-order valence-electron chi connectivity index (χ2n) is 6.71. The molecule has 3 aromatic carbocycles. The zero-order chi connectivity index (χ0) is 21.6. The Bertz CT molecular complexity index is 1230. The van der Waals surface area contributed by atoms with Crippen LogP contribution in [0.2, 0.25) is 5.02 Å². The van der Waals surface area contributed by atoms with Crippen LogP contribution >= 0.6 is 11.6 Å². The summed E-state index contributed by atoms with van der Waals surface area (Å²) in [5.74, 6) is 0.864. The van der Waals surface area contributed by atoms with E-state index in [1.165, 1.54) is 0 Å². The highest BCUT2D eigenvalue weighted by molar-refractivity contribution is 6.30. The summed E-state index contributed by atoms with van der Waals surface area (Å²) in [4.78, 5) is 16.5. The van der Waals surface area contributed by atoms with Gasteiger partial charge in [-0.25, -0.2) is 0 Å². The molecule has 0 spiro atoms. The van der Waals surface area contributed by atoms with E-state index in [1.807, 2.05) is 24.3 Å². The minimum atomic E-state index is -0.391. The van der Waals surface area contributed by atoms with Crippen molar-refractivity contribution in [2.75, 3.05) is 0 Å². The molecule has 0 aliphatic rings. The van der Waals surface area contributed by atoms with E-state index < -0.39 is 5.97 Å². The largest absolute Gasteiger partial charge is 0.427 e. The lowest BCUT2D eigenvalue weighted by Crippen LogP contribution is -2.09. The fraction of sp³-hybridized carbons (Fsp3) is 0.0833. The predicted molar refractivity (Wildman–Crippen MR) is 115 cm³/mol. The average molecular weight is 430 g/mol. The summed E-state index contributed by atoms with van der Waals surface area (Å²) in [5, 5.41) is 13.4. The van der Waals surface area contributed by atoms with Crippen molar-refractivity contribution in [2.45, 2.75) is 12.8 Å². The summed E-state index contributed by atoms with van der Waals surface area (Å²) < 4.78 is 10.6. The smallest absolute Gasteiger partial charge is 0.311 e. The molecule has 152 valence electrons. The summed E-state index contributed by atoms with van der Waals surface area (Å²) in [6.07, 6.45) is 0.391. The van der Waals surface area contributed by atoms with Crippen molar-refractivity contribution in [3.05, 3.63) is 89.3 Å². The first-order valence-electron chi connectivity index (χ1n) is 9.50. The molecule has 0 unspecified atom stereocenters. The fourth-order valence-electron chi connectivity index (χ4n) is 2.92. The molecule has 6 nitrogen and oxygen atoms in total. The molecule has 0 saturated carbocycles. The van der Waals surface area contributed by atoms with Crippen LogP contribution in [0.15, 0.2) is 77.3 Å². The van der Waals surface area contributed by atoms with E-state index in [9.17, 15) is 4.79 Å². The third kappa shape index (κ3) is 5.16. The Morgan fingerprint density at radius 1 is 0.935 bits per heavy atom. The number of aryl methyl sites for hydroxylation is 1. The summed E-state index contributed by atoms with van der Waals surface area (Å²) in [7, 11) is 0. The van der Waals surface area contributed by atoms with E-state index >= 15 is 0 Å². The van der Waals surface area contributed by atoms with Crippen molar-refractivity contribution in [1.82, 2.24) is 10.1 Å². The van der Waals surface area contributed by atoms with Gasteiger partial charge in [0.05, 0.1) is 18.1 Å². The second-order valence-corrected chi connectivity index (χ2v) is 7.14. The predicted octanol–water partition coefficient (Wildman–Crippen LogP) is 5.47. The number of carbonyl (C=O) groups excluding carboxylic acids is 1. The highest BCUT2D eigenvalue weighted by Gasteiger charge is 2.12. The van der Waals surface area contributed by atoms with Crippen molar-refractivity contribution < 1.29 is 14.1 Å². The standard InChI is InChI=1S/C24H16ClN3O3/c25-20-9-5-19(6-10-20)24-27-22(31-28-24)13-14-23(29)30-21-11-7-18(8-12-21)17-3-1-16(15-26)2-4-17/h1-12H,13-14H2. The topological polar surface area (TPSA) is 89.0 Å². The van der Waals surface area contributed by atoms with Gasteiger partial charge in [-0.3, -0.25) is 4.79 Å². The molecule has 0 aliphatic heterocycles. The van der Waals surface area contributed by atoms with Gasteiger partial charge < -0.3 is 9.26 Å². The van der Waals surface area contributed by atoms with Crippen LogP contribution in [0.5, 0.6) is 5.75 Å². The molecule has 31 heavy (non-hydrogen) atoms. The zero-order valence-electron chi connectivity index (χ0n) is 16.3. The van der Waals surface area contributed by atoms with E-state index in [2.05, 4.69) is 16.2 Å². The van der Waals surface area contributed by atoms with Gasteiger partial charge in [0, 0.05) is 17.0 Å². The zero-order valence-corrected chi connectivity index (χ0v) is 17.0. The molecule has 0 aliphatic carbocycles. The molecule has 1 aromatic heterocycles. The first-order chi connectivity index (χ1) is 15.1. The Labute approximate surface area is 183 Å². The van der Waals surface area contributed by atoms with Crippen LogP contribution in [0.4, 0.5) is 0 Å². The highest BCUT2D eigenvalue weighted by atomic mass is 35.5.